The molecule has 1 amide bonds. The van der Waals surface area contributed by atoms with Crippen LogP contribution < -0.4 is 15.8 Å². The van der Waals surface area contributed by atoms with Crippen LogP contribution in [-0.2, 0) is 5.41 Å². The zero-order chi connectivity index (χ0) is 15.5. The van der Waals surface area contributed by atoms with Crippen molar-refractivity contribution in [3.8, 4) is 5.75 Å². The van der Waals surface area contributed by atoms with E-state index in [2.05, 4.69) is 26.1 Å². The zero-order valence-corrected chi connectivity index (χ0v) is 13.3. The second kappa shape index (κ2) is 6.27. The second-order valence-corrected chi connectivity index (χ2v) is 6.31. The summed E-state index contributed by atoms with van der Waals surface area (Å²) < 4.78 is 5.48. The molecule has 1 rings (SSSR count). The van der Waals surface area contributed by atoms with Crippen molar-refractivity contribution in [2.24, 2.45) is 5.73 Å². The number of aryl methyl sites for hydroxylation is 1. The van der Waals surface area contributed by atoms with Crippen LogP contribution in [-0.4, -0.2) is 25.6 Å². The first-order valence-corrected chi connectivity index (χ1v) is 6.89. The van der Waals surface area contributed by atoms with Crippen molar-refractivity contribution < 1.29 is 9.53 Å². The molecule has 0 aliphatic carbocycles. The van der Waals surface area contributed by atoms with Gasteiger partial charge < -0.3 is 15.8 Å². The number of benzene rings is 1. The third-order valence-electron chi connectivity index (χ3n) is 3.13. The Hall–Kier alpha value is -1.55. The first-order valence-electron chi connectivity index (χ1n) is 6.89. The standard InChI is InChI=1S/C16H26N2O2/c1-10-7-12(15(19)18-9-11(2)17)8-13(14(10)20-6)16(3,4)5/h7-8,11H,9,17H2,1-6H3,(H,18,19). The van der Waals surface area contributed by atoms with Crippen molar-refractivity contribution in [1.82, 2.24) is 5.32 Å². The molecule has 3 N–H and O–H groups in total. The van der Waals surface area contributed by atoms with Crippen LogP contribution in [0, 0.1) is 6.92 Å². The third kappa shape index (κ3) is 3.97. The first-order chi connectivity index (χ1) is 9.16. The number of nitrogens with two attached hydrogens (primary N) is 1. The van der Waals surface area contributed by atoms with Gasteiger partial charge in [0.15, 0.2) is 0 Å². The molecule has 1 unspecified atom stereocenters. The number of methoxy groups -OCH3 is 1. The number of ether oxygens (including phenoxy) is 1. The number of rotatable bonds is 4. The van der Waals surface area contributed by atoms with Gasteiger partial charge in [0.25, 0.3) is 5.91 Å². The average molecular weight is 278 g/mol. The quantitative estimate of drug-likeness (QED) is 0.888. The van der Waals surface area contributed by atoms with E-state index < -0.39 is 0 Å². The van der Waals surface area contributed by atoms with Crippen LogP contribution in [0.3, 0.4) is 0 Å². The highest BCUT2D eigenvalue weighted by atomic mass is 16.5. The van der Waals surface area contributed by atoms with Gasteiger partial charge in [-0.25, -0.2) is 0 Å². The molecule has 0 spiro atoms. The number of amides is 1. The minimum Gasteiger partial charge on any atom is -0.496 e. The number of nitrogens with one attached hydrogen (secondary N) is 1. The molecule has 20 heavy (non-hydrogen) atoms. The molecule has 0 fully saturated rings. The van der Waals surface area contributed by atoms with E-state index in [1.54, 1.807) is 7.11 Å². The Morgan fingerprint density at radius 2 is 2.00 bits per heavy atom. The average Bonchev–Trinajstić information content (AvgIpc) is 2.33. The van der Waals surface area contributed by atoms with Gasteiger partial charge in [-0.1, -0.05) is 20.8 Å². The summed E-state index contributed by atoms with van der Waals surface area (Å²) in [4.78, 5) is 12.2. The Balaban J connectivity index is 3.17. The maximum atomic E-state index is 12.2. The molecule has 0 saturated heterocycles. The van der Waals surface area contributed by atoms with Crippen LogP contribution in [0.5, 0.6) is 5.75 Å². The van der Waals surface area contributed by atoms with Crippen molar-refractivity contribution in [2.75, 3.05) is 13.7 Å². The number of hydrogen-bond donors (Lipinski definition) is 2. The van der Waals surface area contributed by atoms with Gasteiger partial charge in [0.05, 0.1) is 7.11 Å². The van der Waals surface area contributed by atoms with Gasteiger partial charge in [-0.3, -0.25) is 4.79 Å². The van der Waals surface area contributed by atoms with Crippen molar-refractivity contribution in [3.63, 3.8) is 0 Å². The van der Waals surface area contributed by atoms with E-state index in [9.17, 15) is 4.79 Å². The molecule has 0 saturated carbocycles. The topological polar surface area (TPSA) is 64.3 Å². The van der Waals surface area contributed by atoms with Crippen LogP contribution in [0.1, 0.15) is 49.2 Å². The highest BCUT2D eigenvalue weighted by Gasteiger charge is 2.22. The van der Waals surface area contributed by atoms with Gasteiger partial charge in [0.1, 0.15) is 5.75 Å². The predicted molar refractivity (Wildman–Crippen MR) is 82.4 cm³/mol. The normalized spacial score (nSPS) is 12.9. The fourth-order valence-electron chi connectivity index (χ4n) is 2.09. The number of carbonyl (C=O) groups excluding carboxylic acids is 1. The van der Waals surface area contributed by atoms with E-state index >= 15 is 0 Å². The molecule has 0 bridgehead atoms. The first kappa shape index (κ1) is 16.5. The van der Waals surface area contributed by atoms with E-state index in [1.807, 2.05) is 26.0 Å². The number of carbonyl (C=O) groups is 1. The molecule has 1 aromatic carbocycles. The van der Waals surface area contributed by atoms with Gasteiger partial charge in [-0.15, -0.1) is 0 Å². The molecular weight excluding hydrogens is 252 g/mol. The van der Waals surface area contributed by atoms with Crippen LogP contribution >= 0.6 is 0 Å². The Morgan fingerprint density at radius 3 is 2.45 bits per heavy atom. The maximum Gasteiger partial charge on any atom is 0.251 e. The summed E-state index contributed by atoms with van der Waals surface area (Å²) in [6.45, 7) is 10.6. The fraction of sp³-hybridized carbons (Fsp3) is 0.562. The van der Waals surface area contributed by atoms with Gasteiger partial charge in [-0.2, -0.15) is 0 Å². The van der Waals surface area contributed by atoms with Gasteiger partial charge in [-0.05, 0) is 37.0 Å². The lowest BCUT2D eigenvalue weighted by Crippen LogP contribution is -2.35. The Bertz CT molecular complexity index is 488. The summed E-state index contributed by atoms with van der Waals surface area (Å²) in [6.07, 6.45) is 0. The third-order valence-corrected chi connectivity index (χ3v) is 3.13. The molecule has 1 atom stereocenters. The molecule has 4 heteroatoms. The van der Waals surface area contributed by atoms with E-state index in [4.69, 9.17) is 10.5 Å². The highest BCUT2D eigenvalue weighted by Crippen LogP contribution is 2.34. The van der Waals surface area contributed by atoms with E-state index in [0.29, 0.717) is 12.1 Å². The highest BCUT2D eigenvalue weighted by molar-refractivity contribution is 5.95. The molecule has 1 aromatic rings. The lowest BCUT2D eigenvalue weighted by atomic mass is 9.84. The summed E-state index contributed by atoms with van der Waals surface area (Å²) in [5.74, 6) is 0.750. The zero-order valence-electron chi connectivity index (χ0n) is 13.3. The van der Waals surface area contributed by atoms with Crippen molar-refractivity contribution >= 4 is 5.91 Å². The van der Waals surface area contributed by atoms with Crippen molar-refractivity contribution in [2.45, 2.75) is 46.1 Å². The molecule has 4 nitrogen and oxygen atoms in total. The van der Waals surface area contributed by atoms with Crippen molar-refractivity contribution in [1.29, 1.82) is 0 Å². The smallest absolute Gasteiger partial charge is 0.251 e. The summed E-state index contributed by atoms with van der Waals surface area (Å²) in [5, 5.41) is 2.84. The number of hydrogen-bond acceptors (Lipinski definition) is 3. The second-order valence-electron chi connectivity index (χ2n) is 6.31. The molecule has 0 aliphatic rings. The SMILES string of the molecule is COc1c(C)cc(C(=O)NCC(C)N)cc1C(C)(C)C. The van der Waals surface area contributed by atoms with Gasteiger partial charge >= 0.3 is 0 Å². The minimum atomic E-state index is -0.0986. The minimum absolute atomic E-state index is 0.0552. The molecule has 0 heterocycles. The fourth-order valence-corrected chi connectivity index (χ4v) is 2.09. The summed E-state index contributed by atoms with van der Waals surface area (Å²) in [6, 6.07) is 3.70. The van der Waals surface area contributed by atoms with E-state index in [0.717, 1.165) is 16.9 Å². The summed E-state index contributed by atoms with van der Waals surface area (Å²) in [5.41, 5.74) is 8.21. The molecule has 112 valence electrons. The molecule has 0 aliphatic heterocycles. The lowest BCUT2D eigenvalue weighted by molar-refractivity contribution is 0.0951. The Morgan fingerprint density at radius 1 is 1.40 bits per heavy atom. The van der Waals surface area contributed by atoms with Gasteiger partial charge in [0, 0.05) is 23.7 Å². The summed E-state index contributed by atoms with van der Waals surface area (Å²) >= 11 is 0. The molecular formula is C16H26N2O2. The lowest BCUT2D eigenvalue weighted by Gasteiger charge is -2.24. The van der Waals surface area contributed by atoms with E-state index in [-0.39, 0.29) is 17.4 Å². The van der Waals surface area contributed by atoms with Crippen molar-refractivity contribution in [3.05, 3.63) is 28.8 Å². The van der Waals surface area contributed by atoms with Crippen LogP contribution in [0.4, 0.5) is 0 Å². The molecule has 0 radical (unpaired) electrons. The predicted octanol–water partition coefficient (Wildman–Crippen LogP) is 2.38. The van der Waals surface area contributed by atoms with E-state index in [1.165, 1.54) is 0 Å². The monoisotopic (exact) mass is 278 g/mol. The molecule has 0 aromatic heterocycles. The Kier molecular flexibility index (Phi) is 5.17. The Labute approximate surface area is 121 Å². The van der Waals surface area contributed by atoms with Crippen LogP contribution in [0.25, 0.3) is 0 Å². The van der Waals surface area contributed by atoms with Crippen LogP contribution in [0.15, 0.2) is 12.1 Å². The largest absolute Gasteiger partial charge is 0.496 e. The van der Waals surface area contributed by atoms with Gasteiger partial charge in [0.2, 0.25) is 0 Å². The maximum absolute atomic E-state index is 12.2. The summed E-state index contributed by atoms with van der Waals surface area (Å²) in [7, 11) is 1.66. The van der Waals surface area contributed by atoms with Crippen LogP contribution in [0.2, 0.25) is 0 Å².